The predicted octanol–water partition coefficient (Wildman–Crippen LogP) is 5.79. The molecule has 2 aromatic carbocycles. The van der Waals surface area contributed by atoms with Crippen LogP contribution in [0.3, 0.4) is 0 Å². The highest BCUT2D eigenvalue weighted by atomic mass is 28.3. The van der Waals surface area contributed by atoms with Crippen LogP contribution < -0.4 is 0 Å². The minimum absolute atomic E-state index is 0.860. The van der Waals surface area contributed by atoms with E-state index in [0.29, 0.717) is 0 Å². The lowest BCUT2D eigenvalue weighted by Crippen LogP contribution is -2.16. The second kappa shape index (κ2) is 10.4. The molecule has 0 aliphatic rings. The molecule has 2 heteroatoms. The van der Waals surface area contributed by atoms with E-state index < -0.39 is 16.1 Å². The Morgan fingerprint density at radius 1 is 0.500 bits per heavy atom. The molecule has 0 saturated heterocycles. The van der Waals surface area contributed by atoms with E-state index in [1.54, 1.807) is 0 Å². The Labute approximate surface area is 173 Å². The first-order valence-corrected chi connectivity index (χ1v) is 16.2. The van der Waals surface area contributed by atoms with Crippen LogP contribution in [0.25, 0.3) is 0 Å². The molecule has 0 amide bonds. The van der Waals surface area contributed by atoms with Crippen LogP contribution in [0.2, 0.25) is 39.3 Å². The lowest BCUT2D eigenvalue weighted by atomic mass is 10.1. The summed E-state index contributed by atoms with van der Waals surface area (Å²) in [7, 11) is -2.55. The molecule has 0 aliphatic carbocycles. The van der Waals surface area contributed by atoms with Gasteiger partial charge in [0.05, 0.1) is 0 Å². The molecule has 0 spiro atoms. The summed E-state index contributed by atoms with van der Waals surface area (Å²) in [5.41, 5.74) is 10.7. The molecule has 140 valence electrons. The highest BCUT2D eigenvalue weighted by Crippen LogP contribution is 2.05. The molecule has 0 bridgehead atoms. The second-order valence-electron chi connectivity index (χ2n) is 8.44. The van der Waals surface area contributed by atoms with Gasteiger partial charge in [-0.2, -0.15) is 0 Å². The number of rotatable bonds is 0. The van der Waals surface area contributed by atoms with Crippen molar-refractivity contribution in [2.75, 3.05) is 0 Å². The molecule has 0 aromatic heterocycles. The van der Waals surface area contributed by atoms with E-state index in [0.717, 1.165) is 22.3 Å². The average molecular weight is 397 g/mol. The maximum Gasteiger partial charge on any atom is 0.129 e. The molecule has 2 aromatic rings. The van der Waals surface area contributed by atoms with Crippen molar-refractivity contribution in [3.63, 3.8) is 0 Å². The van der Waals surface area contributed by atoms with Gasteiger partial charge >= 0.3 is 0 Å². The second-order valence-corrected chi connectivity index (χ2v) is 17.9. The predicted molar refractivity (Wildman–Crippen MR) is 129 cm³/mol. The van der Waals surface area contributed by atoms with Gasteiger partial charge in [-0.3, -0.25) is 0 Å². The summed E-state index contributed by atoms with van der Waals surface area (Å²) in [6, 6.07) is 15.6. The molecule has 2 rings (SSSR count). The van der Waals surface area contributed by atoms with Crippen LogP contribution in [0.5, 0.6) is 0 Å². The zero-order valence-corrected chi connectivity index (χ0v) is 19.8. The van der Waals surface area contributed by atoms with Crippen LogP contribution in [0, 0.1) is 47.6 Å². The van der Waals surface area contributed by atoms with Gasteiger partial charge in [-0.25, -0.2) is 0 Å². The Morgan fingerprint density at radius 3 is 0.964 bits per heavy atom. The zero-order valence-electron chi connectivity index (χ0n) is 17.8. The summed E-state index contributed by atoms with van der Waals surface area (Å²) >= 11 is 0. The monoisotopic (exact) mass is 396 g/mol. The molecule has 0 unspecified atom stereocenters. The van der Waals surface area contributed by atoms with Gasteiger partial charge in [0.1, 0.15) is 16.1 Å². The van der Waals surface area contributed by atoms with Crippen LogP contribution in [0.4, 0.5) is 0 Å². The summed E-state index contributed by atoms with van der Waals surface area (Å²) in [6.07, 6.45) is 10.3. The third-order valence-electron chi connectivity index (χ3n) is 3.27. The minimum Gasteiger partial charge on any atom is -0.127 e. The molecule has 28 heavy (non-hydrogen) atoms. The summed E-state index contributed by atoms with van der Waals surface area (Å²) in [5, 5.41) is 0. The summed E-state index contributed by atoms with van der Waals surface area (Å²) < 4.78 is 0. The standard InChI is InChI=1S/C16H22Si2.C10H6/c1-17(2,3)13-11-15-7-9-16(10-8-15)12-14-18(4,5)6;1-3-9-5-7-10(4-2)8-6-9/h7-10H,1-6H3;1-2,5-8H. The molecule has 0 fully saturated rings. The summed E-state index contributed by atoms with van der Waals surface area (Å²) in [4.78, 5) is 0. The van der Waals surface area contributed by atoms with Gasteiger partial charge in [0.15, 0.2) is 0 Å². The van der Waals surface area contributed by atoms with Crippen LogP contribution >= 0.6 is 0 Å². The fourth-order valence-corrected chi connectivity index (χ4v) is 2.86. The fraction of sp³-hybridized carbons (Fsp3) is 0.231. The van der Waals surface area contributed by atoms with Crippen molar-refractivity contribution < 1.29 is 0 Å². The molecule has 0 aliphatic heterocycles. The van der Waals surface area contributed by atoms with Gasteiger partial charge in [0.2, 0.25) is 0 Å². The molecule has 0 N–H and O–H groups in total. The Kier molecular flexibility index (Phi) is 8.64. The van der Waals surface area contributed by atoms with Gasteiger partial charge in [-0.15, -0.1) is 23.9 Å². The minimum atomic E-state index is -1.28. The molecule has 0 nitrogen and oxygen atoms in total. The van der Waals surface area contributed by atoms with Crippen molar-refractivity contribution in [3.8, 4) is 47.6 Å². The maximum absolute atomic E-state index is 5.14. The number of terminal acetylenes is 2. The van der Waals surface area contributed by atoms with Crippen molar-refractivity contribution in [2.24, 2.45) is 0 Å². The molecule has 0 heterocycles. The Balaban J connectivity index is 0.000000330. The van der Waals surface area contributed by atoms with Crippen molar-refractivity contribution in [2.45, 2.75) is 39.3 Å². The van der Waals surface area contributed by atoms with Crippen molar-refractivity contribution in [1.29, 1.82) is 0 Å². The van der Waals surface area contributed by atoms with Crippen LogP contribution in [-0.2, 0) is 0 Å². The normalized spacial score (nSPS) is 9.86. The molecule has 0 radical (unpaired) electrons. The summed E-state index contributed by atoms with van der Waals surface area (Å²) in [5.74, 6) is 11.5. The van der Waals surface area contributed by atoms with Crippen LogP contribution in [0.15, 0.2) is 48.5 Å². The summed E-state index contributed by atoms with van der Waals surface area (Å²) in [6.45, 7) is 13.5. The zero-order chi connectivity index (χ0) is 21.2. The number of hydrogen-bond acceptors (Lipinski definition) is 0. The van der Waals surface area contributed by atoms with E-state index in [2.05, 4.69) is 98.3 Å². The van der Waals surface area contributed by atoms with Gasteiger partial charge < -0.3 is 0 Å². The SMILES string of the molecule is C#Cc1ccc(C#C)cc1.C[Si](C)(C)C#Cc1ccc(C#C[Si](C)(C)C)cc1. The van der Waals surface area contributed by atoms with Crippen molar-refractivity contribution in [3.05, 3.63) is 70.8 Å². The topological polar surface area (TPSA) is 0 Å². The van der Waals surface area contributed by atoms with Gasteiger partial charge in [-0.1, -0.05) is 63.0 Å². The largest absolute Gasteiger partial charge is 0.129 e. The van der Waals surface area contributed by atoms with E-state index >= 15 is 0 Å². The van der Waals surface area contributed by atoms with E-state index in [4.69, 9.17) is 12.8 Å². The molecule has 0 atom stereocenters. The average Bonchev–Trinajstić information content (AvgIpc) is 2.65. The third kappa shape index (κ3) is 10.3. The van der Waals surface area contributed by atoms with Crippen LogP contribution in [0.1, 0.15) is 22.3 Å². The van der Waals surface area contributed by atoms with Crippen LogP contribution in [-0.4, -0.2) is 16.1 Å². The lowest BCUT2D eigenvalue weighted by Gasteiger charge is -2.04. The lowest BCUT2D eigenvalue weighted by molar-refractivity contribution is 1.60. The highest BCUT2D eigenvalue weighted by Gasteiger charge is 2.08. The van der Waals surface area contributed by atoms with E-state index in [9.17, 15) is 0 Å². The van der Waals surface area contributed by atoms with Gasteiger partial charge in [0.25, 0.3) is 0 Å². The van der Waals surface area contributed by atoms with E-state index in [1.807, 2.05) is 24.3 Å². The van der Waals surface area contributed by atoms with Crippen molar-refractivity contribution in [1.82, 2.24) is 0 Å². The van der Waals surface area contributed by atoms with E-state index in [1.165, 1.54) is 0 Å². The third-order valence-corrected chi connectivity index (χ3v) is 5.02. The molecule has 0 saturated carbocycles. The highest BCUT2D eigenvalue weighted by molar-refractivity contribution is 6.84. The Morgan fingerprint density at radius 2 is 0.750 bits per heavy atom. The first kappa shape index (κ1) is 23.2. The quantitative estimate of drug-likeness (QED) is 0.390. The van der Waals surface area contributed by atoms with Gasteiger partial charge in [-0.05, 0) is 48.5 Å². The molecular formula is C26H28Si2. The van der Waals surface area contributed by atoms with E-state index in [-0.39, 0.29) is 0 Å². The Hall–Kier alpha value is -2.89. The maximum atomic E-state index is 5.14. The first-order valence-electron chi connectivity index (χ1n) is 9.22. The van der Waals surface area contributed by atoms with Crippen molar-refractivity contribution >= 4 is 16.1 Å². The fourth-order valence-electron chi connectivity index (χ4n) is 1.82. The number of hydrogen-bond donors (Lipinski definition) is 0. The Bertz CT molecular complexity index is 891. The first-order chi connectivity index (χ1) is 13.0. The van der Waals surface area contributed by atoms with Gasteiger partial charge in [0, 0.05) is 22.3 Å². The number of benzene rings is 2. The smallest absolute Gasteiger partial charge is 0.127 e. The molecular weight excluding hydrogens is 368 g/mol.